The Bertz CT molecular complexity index is 510. The number of nitrogens with two attached hydrogens (primary N) is 1. The van der Waals surface area contributed by atoms with Crippen LogP contribution in [-0.4, -0.2) is 8.76 Å². The summed E-state index contributed by atoms with van der Waals surface area (Å²) in [7, 11) is 0. The summed E-state index contributed by atoms with van der Waals surface area (Å²) >= 11 is -2.22. The van der Waals surface area contributed by atoms with Crippen molar-refractivity contribution in [2.75, 3.05) is 5.73 Å². The molecule has 14 heavy (non-hydrogen) atoms. The van der Waals surface area contributed by atoms with Gasteiger partial charge in [0.05, 0.1) is 0 Å². The van der Waals surface area contributed by atoms with Crippen molar-refractivity contribution in [2.45, 2.75) is 4.90 Å². The second-order valence-corrected chi connectivity index (χ2v) is 3.84. The van der Waals surface area contributed by atoms with Crippen molar-refractivity contribution >= 4 is 27.5 Å². The van der Waals surface area contributed by atoms with Gasteiger partial charge in [0.25, 0.3) is 0 Å². The molecule has 0 saturated carbocycles. The van der Waals surface area contributed by atoms with Crippen molar-refractivity contribution in [3.05, 3.63) is 36.4 Å². The fraction of sp³-hybridized carbons (Fsp3) is 0. The highest BCUT2D eigenvalue weighted by Crippen LogP contribution is 2.25. The van der Waals surface area contributed by atoms with Crippen LogP contribution in [0.2, 0.25) is 0 Å². The second-order valence-electron chi connectivity index (χ2n) is 2.93. The number of rotatable bonds is 1. The number of fused-ring (bicyclic) bond motifs is 1. The zero-order valence-electron chi connectivity index (χ0n) is 7.27. The molecule has 0 amide bonds. The number of hydrogen-bond donors (Lipinski definition) is 1. The Morgan fingerprint density at radius 3 is 2.43 bits per heavy atom. The van der Waals surface area contributed by atoms with Gasteiger partial charge in [-0.1, -0.05) is 24.3 Å². The minimum absolute atomic E-state index is 0.287. The fourth-order valence-electron chi connectivity index (χ4n) is 1.45. The van der Waals surface area contributed by atoms with Gasteiger partial charge in [0.2, 0.25) is 0 Å². The summed E-state index contributed by atoms with van der Waals surface area (Å²) in [6, 6.07) is 10.3. The number of benzene rings is 2. The SMILES string of the molecule is Nc1cccc2c(S(=O)[O-])cccc12. The van der Waals surface area contributed by atoms with E-state index in [1.165, 1.54) is 0 Å². The van der Waals surface area contributed by atoms with Crippen LogP contribution in [0.3, 0.4) is 0 Å². The molecule has 2 rings (SSSR count). The maximum Gasteiger partial charge on any atom is 0.0394 e. The molecular weight excluding hydrogens is 198 g/mol. The van der Waals surface area contributed by atoms with Gasteiger partial charge in [-0.25, -0.2) is 0 Å². The fourth-order valence-corrected chi connectivity index (χ4v) is 2.00. The predicted octanol–water partition coefficient (Wildman–Crippen LogP) is 1.66. The third kappa shape index (κ3) is 1.38. The van der Waals surface area contributed by atoms with Crippen LogP contribution in [0.15, 0.2) is 41.3 Å². The van der Waals surface area contributed by atoms with Crippen molar-refractivity contribution in [3.63, 3.8) is 0 Å². The molecule has 0 aliphatic rings. The van der Waals surface area contributed by atoms with E-state index in [1.54, 1.807) is 36.4 Å². The van der Waals surface area contributed by atoms with E-state index in [4.69, 9.17) is 5.73 Å². The molecule has 2 aromatic carbocycles. The highest BCUT2D eigenvalue weighted by Gasteiger charge is 2.02. The van der Waals surface area contributed by atoms with Crippen LogP contribution >= 0.6 is 0 Å². The van der Waals surface area contributed by atoms with Crippen LogP contribution in [0.25, 0.3) is 10.8 Å². The van der Waals surface area contributed by atoms with E-state index in [0.717, 1.165) is 5.39 Å². The lowest BCUT2D eigenvalue weighted by atomic mass is 10.1. The molecule has 0 aliphatic carbocycles. The minimum atomic E-state index is -2.22. The van der Waals surface area contributed by atoms with Gasteiger partial charge in [-0.15, -0.1) is 0 Å². The summed E-state index contributed by atoms with van der Waals surface area (Å²) in [5.74, 6) is 0. The molecule has 0 saturated heterocycles. The smallest absolute Gasteiger partial charge is 0.0394 e. The molecule has 0 radical (unpaired) electrons. The molecule has 1 atom stereocenters. The lowest BCUT2D eigenvalue weighted by molar-refractivity contribution is 0.538. The summed E-state index contributed by atoms with van der Waals surface area (Å²) < 4.78 is 21.8. The third-order valence-electron chi connectivity index (χ3n) is 2.10. The first-order valence-corrected chi connectivity index (χ1v) is 5.14. The normalized spacial score (nSPS) is 12.9. The second kappa shape index (κ2) is 3.40. The van der Waals surface area contributed by atoms with Crippen LogP contribution < -0.4 is 5.73 Å². The molecule has 0 heterocycles. The van der Waals surface area contributed by atoms with Gasteiger partial charge in [0.1, 0.15) is 0 Å². The Kier molecular flexibility index (Phi) is 2.23. The van der Waals surface area contributed by atoms with Gasteiger partial charge >= 0.3 is 0 Å². The van der Waals surface area contributed by atoms with Gasteiger partial charge in [-0.3, -0.25) is 4.21 Å². The molecule has 72 valence electrons. The molecule has 0 bridgehead atoms. The predicted molar refractivity (Wildman–Crippen MR) is 55.5 cm³/mol. The molecule has 1 unspecified atom stereocenters. The summed E-state index contributed by atoms with van der Waals surface area (Å²) in [6.45, 7) is 0. The highest BCUT2D eigenvalue weighted by molar-refractivity contribution is 7.79. The van der Waals surface area contributed by atoms with Crippen molar-refractivity contribution in [1.82, 2.24) is 0 Å². The van der Waals surface area contributed by atoms with Gasteiger partial charge < -0.3 is 10.3 Å². The average Bonchev–Trinajstić information content (AvgIpc) is 2.17. The Morgan fingerprint density at radius 2 is 1.71 bits per heavy atom. The van der Waals surface area contributed by atoms with Crippen LogP contribution in [0, 0.1) is 0 Å². The zero-order valence-corrected chi connectivity index (χ0v) is 8.08. The molecule has 0 aromatic heterocycles. The van der Waals surface area contributed by atoms with Crippen LogP contribution in [0.1, 0.15) is 0 Å². The van der Waals surface area contributed by atoms with E-state index in [1.807, 2.05) is 0 Å². The van der Waals surface area contributed by atoms with E-state index < -0.39 is 11.1 Å². The lowest BCUT2D eigenvalue weighted by Gasteiger charge is -2.09. The van der Waals surface area contributed by atoms with E-state index in [2.05, 4.69) is 0 Å². The first kappa shape index (κ1) is 9.18. The summed E-state index contributed by atoms with van der Waals surface area (Å²) in [5, 5.41) is 1.44. The quantitative estimate of drug-likeness (QED) is 0.570. The van der Waals surface area contributed by atoms with E-state index in [0.29, 0.717) is 11.1 Å². The zero-order chi connectivity index (χ0) is 10.1. The van der Waals surface area contributed by atoms with Gasteiger partial charge in [-0.2, -0.15) is 0 Å². The van der Waals surface area contributed by atoms with Crippen molar-refractivity contribution in [3.8, 4) is 0 Å². The summed E-state index contributed by atoms with van der Waals surface area (Å²) in [6.07, 6.45) is 0. The molecule has 2 aromatic rings. The lowest BCUT2D eigenvalue weighted by Crippen LogP contribution is -1.92. The third-order valence-corrected chi connectivity index (χ3v) is 2.81. The monoisotopic (exact) mass is 206 g/mol. The van der Waals surface area contributed by atoms with Crippen molar-refractivity contribution < 1.29 is 8.76 Å². The van der Waals surface area contributed by atoms with E-state index in [9.17, 15) is 8.76 Å². The standard InChI is InChI=1S/C10H9NO2S/c11-9-5-1-4-8-7(9)3-2-6-10(8)14(12)13/h1-6H,11H2,(H,12,13)/p-1. The van der Waals surface area contributed by atoms with Crippen LogP contribution in [-0.2, 0) is 11.1 Å². The molecule has 0 aliphatic heterocycles. The Balaban J connectivity index is 2.88. The summed E-state index contributed by atoms with van der Waals surface area (Å²) in [5.41, 5.74) is 6.32. The maximum absolute atomic E-state index is 10.9. The Morgan fingerprint density at radius 1 is 1.07 bits per heavy atom. The maximum atomic E-state index is 10.9. The number of anilines is 1. The molecule has 4 heteroatoms. The molecular formula is C10H8NO2S-. The van der Waals surface area contributed by atoms with Gasteiger partial charge in [0, 0.05) is 16.0 Å². The average molecular weight is 206 g/mol. The van der Waals surface area contributed by atoms with Gasteiger partial charge in [0.15, 0.2) is 0 Å². The first-order valence-electron chi connectivity index (χ1n) is 4.06. The van der Waals surface area contributed by atoms with E-state index >= 15 is 0 Å². The van der Waals surface area contributed by atoms with Crippen molar-refractivity contribution in [1.29, 1.82) is 0 Å². The number of hydrogen-bond acceptors (Lipinski definition) is 3. The molecule has 3 nitrogen and oxygen atoms in total. The minimum Gasteiger partial charge on any atom is -0.768 e. The summed E-state index contributed by atoms with van der Waals surface area (Å²) in [4.78, 5) is 0.287. The largest absolute Gasteiger partial charge is 0.768 e. The Hall–Kier alpha value is -1.39. The number of nitrogen functional groups attached to an aromatic ring is 1. The highest BCUT2D eigenvalue weighted by atomic mass is 32.2. The van der Waals surface area contributed by atoms with E-state index in [-0.39, 0.29) is 4.90 Å². The molecule has 2 N–H and O–H groups in total. The van der Waals surface area contributed by atoms with Crippen molar-refractivity contribution in [2.24, 2.45) is 0 Å². The topological polar surface area (TPSA) is 66.2 Å². The van der Waals surface area contributed by atoms with Crippen LogP contribution in [0.5, 0.6) is 0 Å². The molecule has 0 fully saturated rings. The first-order chi connectivity index (χ1) is 6.70. The Labute approximate surface area is 83.8 Å². The van der Waals surface area contributed by atoms with Gasteiger partial charge in [-0.05, 0) is 28.6 Å². The van der Waals surface area contributed by atoms with Crippen LogP contribution in [0.4, 0.5) is 5.69 Å². The molecule has 0 spiro atoms.